The van der Waals surface area contributed by atoms with Gasteiger partial charge in [0.2, 0.25) is 5.88 Å². The number of nitrogens with zero attached hydrogens (tertiary/aromatic N) is 2. The van der Waals surface area contributed by atoms with E-state index in [1.165, 1.54) is 7.11 Å². The third-order valence-electron chi connectivity index (χ3n) is 2.01. The zero-order valence-electron chi connectivity index (χ0n) is 9.03. The molecular weight excluding hydrogens is 234 g/mol. The molecule has 17 heavy (non-hydrogen) atoms. The van der Waals surface area contributed by atoms with Crippen LogP contribution >= 0.6 is 0 Å². The molecule has 0 N–H and O–H groups in total. The van der Waals surface area contributed by atoms with Gasteiger partial charge < -0.3 is 9.47 Å². The average Bonchev–Trinajstić information content (AvgIpc) is 2.35. The third-order valence-corrected chi connectivity index (χ3v) is 2.01. The van der Waals surface area contributed by atoms with Crippen molar-refractivity contribution in [2.75, 3.05) is 14.2 Å². The molecule has 0 aliphatic rings. The molecule has 0 fully saturated rings. The van der Waals surface area contributed by atoms with Crippen LogP contribution in [0.15, 0.2) is 6.20 Å². The van der Waals surface area contributed by atoms with E-state index < -0.39 is 23.5 Å². The molecule has 1 aromatic heterocycles. The second-order valence-electron chi connectivity index (χ2n) is 2.87. The first-order valence-corrected chi connectivity index (χ1v) is 4.40. The van der Waals surface area contributed by atoms with Crippen molar-refractivity contribution in [1.29, 1.82) is 5.26 Å². The summed E-state index contributed by atoms with van der Waals surface area (Å²) in [5.41, 5.74) is -1.64. The highest BCUT2D eigenvalue weighted by molar-refractivity contribution is 5.94. The summed E-state index contributed by atoms with van der Waals surface area (Å²) in [4.78, 5) is 15.0. The molecule has 90 valence electrons. The van der Waals surface area contributed by atoms with Crippen molar-refractivity contribution in [3.63, 3.8) is 0 Å². The molecule has 1 heterocycles. The fraction of sp³-hybridized carbons (Fsp3) is 0.300. The Balaban J connectivity index is 3.59. The average molecular weight is 242 g/mol. The highest BCUT2D eigenvalue weighted by atomic mass is 19.3. The molecular formula is C10H8F2N2O3. The largest absolute Gasteiger partial charge is 0.480 e. The number of alkyl halides is 2. The smallest absolute Gasteiger partial charge is 0.343 e. The third kappa shape index (κ3) is 2.30. The maximum absolute atomic E-state index is 12.8. The van der Waals surface area contributed by atoms with Gasteiger partial charge in [-0.2, -0.15) is 5.26 Å². The highest BCUT2D eigenvalue weighted by Crippen LogP contribution is 2.31. The molecule has 1 aromatic rings. The number of aromatic nitrogens is 1. The summed E-state index contributed by atoms with van der Waals surface area (Å²) in [6, 6.07) is 1.54. The van der Waals surface area contributed by atoms with Crippen LogP contribution < -0.4 is 4.74 Å². The van der Waals surface area contributed by atoms with Gasteiger partial charge >= 0.3 is 5.97 Å². The van der Waals surface area contributed by atoms with Gasteiger partial charge in [-0.15, -0.1) is 0 Å². The van der Waals surface area contributed by atoms with Crippen LogP contribution in [0.3, 0.4) is 0 Å². The number of ether oxygens (including phenoxy) is 2. The number of methoxy groups -OCH3 is 2. The Kier molecular flexibility index (Phi) is 3.93. The lowest BCUT2D eigenvalue weighted by Crippen LogP contribution is -2.11. The van der Waals surface area contributed by atoms with Crippen LogP contribution in [-0.4, -0.2) is 25.2 Å². The molecule has 0 aliphatic heterocycles. The molecule has 0 unspecified atom stereocenters. The number of esters is 1. The van der Waals surface area contributed by atoms with Crippen LogP contribution in [0.1, 0.15) is 27.9 Å². The van der Waals surface area contributed by atoms with Crippen molar-refractivity contribution in [3.8, 4) is 11.9 Å². The second-order valence-corrected chi connectivity index (χ2v) is 2.87. The lowest BCUT2D eigenvalue weighted by atomic mass is 10.1. The molecule has 0 aliphatic carbocycles. The zero-order valence-corrected chi connectivity index (χ0v) is 9.03. The van der Waals surface area contributed by atoms with Crippen LogP contribution in [-0.2, 0) is 4.74 Å². The van der Waals surface area contributed by atoms with E-state index >= 15 is 0 Å². The minimum atomic E-state index is -3.00. The van der Waals surface area contributed by atoms with E-state index in [-0.39, 0.29) is 11.4 Å². The summed E-state index contributed by atoms with van der Waals surface area (Å²) in [6.45, 7) is 0. The summed E-state index contributed by atoms with van der Waals surface area (Å²) in [6.07, 6.45) is -2.08. The van der Waals surface area contributed by atoms with E-state index in [0.717, 1.165) is 13.3 Å². The molecule has 0 aromatic carbocycles. The Morgan fingerprint density at radius 2 is 2.18 bits per heavy atom. The standard InChI is InChI=1S/C10H8F2N2O3/c1-16-9-7(10(15)17-2)6(8(11)12)5(3-13)4-14-9/h4,8H,1-2H3. The topological polar surface area (TPSA) is 72.2 Å². The predicted octanol–water partition coefficient (Wildman–Crippen LogP) is 1.69. The Morgan fingerprint density at radius 1 is 1.53 bits per heavy atom. The number of carbonyl (C=O) groups is 1. The summed E-state index contributed by atoms with van der Waals surface area (Å²) >= 11 is 0. The number of pyridine rings is 1. The highest BCUT2D eigenvalue weighted by Gasteiger charge is 2.28. The Morgan fingerprint density at radius 3 is 2.59 bits per heavy atom. The van der Waals surface area contributed by atoms with E-state index in [0.29, 0.717) is 0 Å². The van der Waals surface area contributed by atoms with Gasteiger partial charge in [0.1, 0.15) is 11.6 Å². The zero-order chi connectivity index (χ0) is 13.0. The number of rotatable bonds is 3. The minimum absolute atomic E-state index is 0.300. The monoisotopic (exact) mass is 242 g/mol. The molecule has 0 spiro atoms. The lowest BCUT2D eigenvalue weighted by molar-refractivity contribution is 0.0583. The SMILES string of the molecule is COC(=O)c1c(OC)ncc(C#N)c1C(F)F. The van der Waals surface area contributed by atoms with Gasteiger partial charge in [0.15, 0.2) is 0 Å². The lowest BCUT2D eigenvalue weighted by Gasteiger charge is -2.11. The first kappa shape index (κ1) is 12.8. The van der Waals surface area contributed by atoms with Gasteiger partial charge in [-0.25, -0.2) is 18.6 Å². The first-order valence-electron chi connectivity index (χ1n) is 4.40. The van der Waals surface area contributed by atoms with Gasteiger partial charge in [-0.3, -0.25) is 0 Å². The fourth-order valence-electron chi connectivity index (χ4n) is 1.28. The number of hydrogen-bond acceptors (Lipinski definition) is 5. The Labute approximate surface area is 95.6 Å². The maximum Gasteiger partial charge on any atom is 0.343 e. The van der Waals surface area contributed by atoms with Crippen LogP contribution in [0.5, 0.6) is 5.88 Å². The number of nitriles is 1. The van der Waals surface area contributed by atoms with Crippen LogP contribution in [0.2, 0.25) is 0 Å². The van der Waals surface area contributed by atoms with Gasteiger partial charge in [0, 0.05) is 6.20 Å². The summed E-state index contributed by atoms with van der Waals surface area (Å²) in [7, 11) is 2.21. The van der Waals surface area contributed by atoms with Crippen LogP contribution in [0.4, 0.5) is 8.78 Å². The Bertz CT molecular complexity index is 483. The maximum atomic E-state index is 12.8. The summed E-state index contributed by atoms with van der Waals surface area (Å²) < 4.78 is 34.8. The molecule has 5 nitrogen and oxygen atoms in total. The van der Waals surface area contributed by atoms with Gasteiger partial charge in [-0.05, 0) is 0 Å². The Hall–Kier alpha value is -2.23. The molecule has 7 heteroatoms. The van der Waals surface area contributed by atoms with E-state index in [2.05, 4.69) is 9.72 Å². The van der Waals surface area contributed by atoms with Crippen molar-refractivity contribution < 1.29 is 23.0 Å². The molecule has 0 radical (unpaired) electrons. The molecule has 1 rings (SSSR count). The van der Waals surface area contributed by atoms with Crippen molar-refractivity contribution >= 4 is 5.97 Å². The predicted molar refractivity (Wildman–Crippen MR) is 51.8 cm³/mol. The van der Waals surface area contributed by atoms with Crippen LogP contribution in [0.25, 0.3) is 0 Å². The van der Waals surface area contributed by atoms with Gasteiger partial charge in [0.05, 0.1) is 25.3 Å². The van der Waals surface area contributed by atoms with E-state index in [4.69, 9.17) is 10.00 Å². The number of carbonyl (C=O) groups excluding carboxylic acids is 1. The van der Waals surface area contributed by atoms with E-state index in [1.807, 2.05) is 0 Å². The second kappa shape index (κ2) is 5.21. The summed E-state index contributed by atoms with van der Waals surface area (Å²) in [5, 5.41) is 8.69. The molecule has 0 bridgehead atoms. The molecule has 0 saturated heterocycles. The number of halogens is 2. The summed E-state index contributed by atoms with van der Waals surface area (Å²) in [5.74, 6) is -1.33. The molecule has 0 amide bonds. The number of hydrogen-bond donors (Lipinski definition) is 0. The van der Waals surface area contributed by atoms with Crippen LogP contribution in [0, 0.1) is 11.3 Å². The first-order chi connectivity index (χ1) is 8.06. The normalized spacial score (nSPS) is 9.88. The van der Waals surface area contributed by atoms with E-state index in [9.17, 15) is 13.6 Å². The van der Waals surface area contributed by atoms with Crippen molar-refractivity contribution in [3.05, 3.63) is 22.9 Å². The molecule has 0 atom stereocenters. The minimum Gasteiger partial charge on any atom is -0.480 e. The van der Waals surface area contributed by atoms with Crippen molar-refractivity contribution in [2.45, 2.75) is 6.43 Å². The van der Waals surface area contributed by atoms with E-state index in [1.54, 1.807) is 6.07 Å². The fourth-order valence-corrected chi connectivity index (χ4v) is 1.28. The quantitative estimate of drug-likeness (QED) is 0.754. The molecule has 0 saturated carbocycles. The van der Waals surface area contributed by atoms with Gasteiger partial charge in [-0.1, -0.05) is 0 Å². The van der Waals surface area contributed by atoms with Gasteiger partial charge in [0.25, 0.3) is 6.43 Å². The van der Waals surface area contributed by atoms with Crippen molar-refractivity contribution in [2.24, 2.45) is 0 Å². The van der Waals surface area contributed by atoms with Crippen molar-refractivity contribution in [1.82, 2.24) is 4.98 Å².